The number of para-hydroxylation sites is 1. The largest absolute Gasteiger partial charge is 0.497 e. The quantitative estimate of drug-likeness (QED) is 0.253. The fourth-order valence-corrected chi connectivity index (χ4v) is 4.05. The molecule has 150 valence electrons. The summed E-state index contributed by atoms with van der Waals surface area (Å²) in [6.45, 7) is 0.399. The molecule has 1 heterocycles. The average molecular weight is 417 g/mol. The van der Waals surface area contributed by atoms with Gasteiger partial charge >= 0.3 is 0 Å². The van der Waals surface area contributed by atoms with Crippen molar-refractivity contribution in [1.82, 2.24) is 9.55 Å². The fourth-order valence-electron chi connectivity index (χ4n) is 3.15. The number of nitrogens with zero attached hydrogens (tertiary/aromatic N) is 2. The van der Waals surface area contributed by atoms with Gasteiger partial charge in [-0.05, 0) is 42.0 Å². The summed E-state index contributed by atoms with van der Waals surface area (Å²) >= 11 is 1.28. The molecule has 3 aromatic carbocycles. The molecule has 0 atom stereocenters. The topological polar surface area (TPSA) is 61.2 Å². The lowest BCUT2D eigenvalue weighted by atomic mass is 10.1. The lowest BCUT2D eigenvalue weighted by molar-refractivity contribution is 0.102. The van der Waals surface area contributed by atoms with Crippen LogP contribution >= 0.6 is 11.8 Å². The minimum Gasteiger partial charge on any atom is -0.497 e. The van der Waals surface area contributed by atoms with E-state index in [0.717, 1.165) is 5.56 Å². The molecule has 0 aliphatic heterocycles. The van der Waals surface area contributed by atoms with Crippen molar-refractivity contribution in [3.05, 3.63) is 100 Å². The monoisotopic (exact) mass is 416 g/mol. The smallest absolute Gasteiger partial charge is 0.262 e. The van der Waals surface area contributed by atoms with Gasteiger partial charge in [0, 0.05) is 5.56 Å². The number of ketones is 1. The maximum absolute atomic E-state index is 13.1. The summed E-state index contributed by atoms with van der Waals surface area (Å²) in [5.74, 6) is 0.856. The van der Waals surface area contributed by atoms with Gasteiger partial charge in [0.15, 0.2) is 10.9 Å². The second kappa shape index (κ2) is 8.97. The summed E-state index contributed by atoms with van der Waals surface area (Å²) < 4.78 is 6.78. The summed E-state index contributed by atoms with van der Waals surface area (Å²) in [6.07, 6.45) is 0. The number of hydrogen-bond donors (Lipinski definition) is 0. The molecule has 0 N–H and O–H groups in total. The maximum Gasteiger partial charge on any atom is 0.262 e. The molecule has 4 rings (SSSR count). The van der Waals surface area contributed by atoms with E-state index in [4.69, 9.17) is 4.74 Å². The summed E-state index contributed by atoms with van der Waals surface area (Å²) in [5.41, 5.74) is 2.12. The van der Waals surface area contributed by atoms with Crippen molar-refractivity contribution >= 4 is 28.4 Å². The minimum atomic E-state index is -0.108. The third-order valence-corrected chi connectivity index (χ3v) is 5.73. The standard InChI is InChI=1S/C24H20N2O3S/c1-29-19-13-11-18(12-14-19)22(27)16-30-24-25-21-10-6-5-9-20(21)23(28)26(24)15-17-7-3-2-4-8-17/h2-14H,15-16H2,1H3. The summed E-state index contributed by atoms with van der Waals surface area (Å²) in [4.78, 5) is 30.5. The van der Waals surface area contributed by atoms with Crippen LogP contribution in [0.3, 0.4) is 0 Å². The van der Waals surface area contributed by atoms with Crippen molar-refractivity contribution in [3.8, 4) is 5.75 Å². The Balaban J connectivity index is 1.65. The molecule has 0 saturated heterocycles. The molecule has 0 amide bonds. The fraction of sp³-hybridized carbons (Fsp3) is 0.125. The number of thioether (sulfide) groups is 1. The molecule has 0 aliphatic rings. The Bertz CT molecular complexity index is 1240. The van der Waals surface area contributed by atoms with E-state index in [9.17, 15) is 9.59 Å². The number of hydrogen-bond acceptors (Lipinski definition) is 5. The molecule has 30 heavy (non-hydrogen) atoms. The van der Waals surface area contributed by atoms with Gasteiger partial charge < -0.3 is 4.74 Å². The highest BCUT2D eigenvalue weighted by Gasteiger charge is 2.14. The zero-order valence-electron chi connectivity index (χ0n) is 16.4. The van der Waals surface area contributed by atoms with Crippen molar-refractivity contribution in [2.45, 2.75) is 11.7 Å². The number of Topliss-reactive ketones (excluding diaryl/α,β-unsaturated/α-hetero) is 1. The van der Waals surface area contributed by atoms with Gasteiger partial charge in [-0.25, -0.2) is 4.98 Å². The van der Waals surface area contributed by atoms with E-state index in [1.165, 1.54) is 11.8 Å². The Morgan fingerprint density at radius 3 is 2.40 bits per heavy atom. The molecule has 0 radical (unpaired) electrons. The van der Waals surface area contributed by atoms with E-state index >= 15 is 0 Å². The molecule has 4 aromatic rings. The van der Waals surface area contributed by atoms with Crippen LogP contribution in [0.5, 0.6) is 5.75 Å². The van der Waals surface area contributed by atoms with Crippen LogP contribution in [0.1, 0.15) is 15.9 Å². The maximum atomic E-state index is 13.1. The van der Waals surface area contributed by atoms with Gasteiger partial charge in [-0.3, -0.25) is 14.2 Å². The third kappa shape index (κ3) is 4.28. The highest BCUT2D eigenvalue weighted by molar-refractivity contribution is 7.99. The molecule has 5 nitrogen and oxygen atoms in total. The number of methoxy groups -OCH3 is 1. The van der Waals surface area contributed by atoms with Crippen LogP contribution in [-0.2, 0) is 6.54 Å². The predicted molar refractivity (Wildman–Crippen MR) is 120 cm³/mol. The first-order valence-corrected chi connectivity index (χ1v) is 10.5. The van der Waals surface area contributed by atoms with Gasteiger partial charge in [-0.15, -0.1) is 0 Å². The normalized spacial score (nSPS) is 10.8. The van der Waals surface area contributed by atoms with E-state index in [1.807, 2.05) is 48.5 Å². The van der Waals surface area contributed by atoms with Gasteiger partial charge in [0.25, 0.3) is 5.56 Å². The molecule has 1 aromatic heterocycles. The van der Waals surface area contributed by atoms with Crippen LogP contribution in [-0.4, -0.2) is 28.2 Å². The minimum absolute atomic E-state index is 0.0312. The van der Waals surface area contributed by atoms with Crippen molar-refractivity contribution in [2.75, 3.05) is 12.9 Å². The molecule has 0 saturated carbocycles. The van der Waals surface area contributed by atoms with Gasteiger partial charge in [-0.1, -0.05) is 54.2 Å². The van der Waals surface area contributed by atoms with E-state index in [-0.39, 0.29) is 17.1 Å². The SMILES string of the molecule is COc1ccc(C(=O)CSc2nc3ccccc3c(=O)n2Cc2ccccc2)cc1. The number of aromatic nitrogens is 2. The first-order valence-electron chi connectivity index (χ1n) is 9.49. The van der Waals surface area contributed by atoms with Crippen molar-refractivity contribution in [3.63, 3.8) is 0 Å². The first kappa shape index (κ1) is 19.9. The van der Waals surface area contributed by atoms with Gasteiger partial charge in [0.1, 0.15) is 5.75 Å². The van der Waals surface area contributed by atoms with Gasteiger partial charge in [0.2, 0.25) is 0 Å². The second-order valence-electron chi connectivity index (χ2n) is 6.73. The van der Waals surface area contributed by atoms with Gasteiger partial charge in [0.05, 0.1) is 30.3 Å². The summed E-state index contributed by atoms with van der Waals surface area (Å²) in [5, 5.41) is 1.10. The van der Waals surface area contributed by atoms with Crippen molar-refractivity contribution in [2.24, 2.45) is 0 Å². The molecular weight excluding hydrogens is 396 g/mol. The van der Waals surface area contributed by atoms with E-state index in [2.05, 4.69) is 4.98 Å². The molecule has 0 aliphatic carbocycles. The molecule has 0 bridgehead atoms. The van der Waals surface area contributed by atoms with Crippen LogP contribution in [0.2, 0.25) is 0 Å². The number of rotatable bonds is 7. The second-order valence-corrected chi connectivity index (χ2v) is 7.67. The molecule has 6 heteroatoms. The third-order valence-electron chi connectivity index (χ3n) is 4.75. The van der Waals surface area contributed by atoms with Crippen molar-refractivity contribution < 1.29 is 9.53 Å². The van der Waals surface area contributed by atoms with Crippen LogP contribution in [0, 0.1) is 0 Å². The number of benzene rings is 3. The first-order chi connectivity index (χ1) is 14.7. The van der Waals surface area contributed by atoms with Crippen LogP contribution in [0.25, 0.3) is 10.9 Å². The highest BCUT2D eigenvalue weighted by Crippen LogP contribution is 2.21. The average Bonchev–Trinajstić information content (AvgIpc) is 2.80. The Labute approximate surface area is 178 Å². The predicted octanol–water partition coefficient (Wildman–Crippen LogP) is 4.43. The van der Waals surface area contributed by atoms with Crippen LogP contribution in [0.4, 0.5) is 0 Å². The van der Waals surface area contributed by atoms with E-state index in [0.29, 0.717) is 33.9 Å². The Kier molecular flexibility index (Phi) is 5.95. The van der Waals surface area contributed by atoms with Crippen molar-refractivity contribution in [1.29, 1.82) is 0 Å². The molecule has 0 spiro atoms. The highest BCUT2D eigenvalue weighted by atomic mass is 32.2. The zero-order chi connectivity index (χ0) is 20.9. The molecule has 0 fully saturated rings. The Morgan fingerprint density at radius 1 is 0.967 bits per heavy atom. The number of carbonyl (C=O) groups excluding carboxylic acids is 1. The molecular formula is C24H20N2O3S. The summed E-state index contributed by atoms with van der Waals surface area (Å²) in [7, 11) is 1.59. The number of fused-ring (bicyclic) bond motifs is 1. The van der Waals surface area contributed by atoms with E-state index < -0.39 is 0 Å². The summed E-state index contributed by atoms with van der Waals surface area (Å²) in [6, 6.07) is 24.1. The van der Waals surface area contributed by atoms with E-state index in [1.54, 1.807) is 42.0 Å². The zero-order valence-corrected chi connectivity index (χ0v) is 17.3. The van der Waals surface area contributed by atoms with Crippen LogP contribution < -0.4 is 10.3 Å². The van der Waals surface area contributed by atoms with Gasteiger partial charge in [-0.2, -0.15) is 0 Å². The van der Waals surface area contributed by atoms with Crippen LogP contribution in [0.15, 0.2) is 88.8 Å². The number of ether oxygens (including phenoxy) is 1. The lowest BCUT2D eigenvalue weighted by Crippen LogP contribution is -2.24. The lowest BCUT2D eigenvalue weighted by Gasteiger charge is -2.13. The number of carbonyl (C=O) groups is 1. The molecule has 0 unspecified atom stereocenters. The Morgan fingerprint density at radius 2 is 1.67 bits per heavy atom. The Hall–Kier alpha value is -3.38.